The van der Waals surface area contributed by atoms with Gasteiger partial charge in [-0.2, -0.15) is 5.10 Å². The van der Waals surface area contributed by atoms with Crippen molar-refractivity contribution in [3.8, 4) is 11.4 Å². The summed E-state index contributed by atoms with van der Waals surface area (Å²) in [6.45, 7) is 3.40. The summed E-state index contributed by atoms with van der Waals surface area (Å²) in [6, 6.07) is 0. The van der Waals surface area contributed by atoms with Gasteiger partial charge in [-0.15, -0.1) is 0 Å². The SMILES string of the molecule is Cc1nc(-c2cnc(C3CC3)nc2C)n(CC(=O)O)n1. The summed E-state index contributed by atoms with van der Waals surface area (Å²) >= 11 is 0. The van der Waals surface area contributed by atoms with Crippen LogP contribution in [0.1, 0.15) is 36.1 Å². The van der Waals surface area contributed by atoms with Gasteiger partial charge in [0.25, 0.3) is 0 Å². The minimum Gasteiger partial charge on any atom is -0.480 e. The molecule has 0 saturated heterocycles. The van der Waals surface area contributed by atoms with Crippen LogP contribution >= 0.6 is 0 Å². The molecule has 7 heteroatoms. The molecule has 0 radical (unpaired) electrons. The third-order valence-corrected chi connectivity index (χ3v) is 3.24. The number of aromatic nitrogens is 5. The fraction of sp³-hybridized carbons (Fsp3) is 0.462. The lowest BCUT2D eigenvalue weighted by molar-refractivity contribution is -0.137. The molecule has 1 aliphatic rings. The highest BCUT2D eigenvalue weighted by Crippen LogP contribution is 2.38. The van der Waals surface area contributed by atoms with E-state index in [4.69, 9.17) is 5.11 Å². The number of aryl methyl sites for hydroxylation is 2. The summed E-state index contributed by atoms with van der Waals surface area (Å²) in [5, 5.41) is 13.0. The van der Waals surface area contributed by atoms with Crippen molar-refractivity contribution in [3.63, 3.8) is 0 Å². The van der Waals surface area contributed by atoms with Crippen LogP contribution in [-0.4, -0.2) is 35.8 Å². The zero-order chi connectivity index (χ0) is 14.3. The van der Waals surface area contributed by atoms with Crippen molar-refractivity contribution in [1.29, 1.82) is 0 Å². The van der Waals surface area contributed by atoms with Crippen LogP contribution < -0.4 is 0 Å². The first-order chi connectivity index (χ1) is 9.54. The second-order valence-corrected chi connectivity index (χ2v) is 5.04. The summed E-state index contributed by atoms with van der Waals surface area (Å²) in [4.78, 5) is 24.0. The number of nitrogens with zero attached hydrogens (tertiary/aromatic N) is 5. The Morgan fingerprint density at radius 2 is 2.15 bits per heavy atom. The van der Waals surface area contributed by atoms with Crippen molar-refractivity contribution >= 4 is 5.97 Å². The van der Waals surface area contributed by atoms with Crippen molar-refractivity contribution < 1.29 is 9.90 Å². The summed E-state index contributed by atoms with van der Waals surface area (Å²) in [5.41, 5.74) is 1.54. The summed E-state index contributed by atoms with van der Waals surface area (Å²) < 4.78 is 1.38. The van der Waals surface area contributed by atoms with Gasteiger partial charge in [0.15, 0.2) is 5.82 Å². The third kappa shape index (κ3) is 2.38. The van der Waals surface area contributed by atoms with Gasteiger partial charge in [0.05, 0.1) is 11.3 Å². The van der Waals surface area contributed by atoms with Crippen LogP contribution in [0.25, 0.3) is 11.4 Å². The molecule has 2 heterocycles. The molecule has 104 valence electrons. The lowest BCUT2D eigenvalue weighted by Crippen LogP contribution is -2.12. The molecule has 0 aliphatic heterocycles. The third-order valence-electron chi connectivity index (χ3n) is 3.24. The molecule has 1 fully saturated rings. The number of carbonyl (C=O) groups is 1. The number of carboxylic acid groups (broad SMARTS) is 1. The molecule has 0 amide bonds. The van der Waals surface area contributed by atoms with E-state index in [9.17, 15) is 4.79 Å². The molecular weight excluding hydrogens is 258 g/mol. The van der Waals surface area contributed by atoms with E-state index in [0.29, 0.717) is 17.6 Å². The topological polar surface area (TPSA) is 93.8 Å². The normalized spacial score (nSPS) is 14.5. The van der Waals surface area contributed by atoms with Crippen molar-refractivity contribution in [3.05, 3.63) is 23.5 Å². The van der Waals surface area contributed by atoms with Crippen molar-refractivity contribution in [2.75, 3.05) is 0 Å². The fourth-order valence-electron chi connectivity index (χ4n) is 2.14. The molecule has 20 heavy (non-hydrogen) atoms. The van der Waals surface area contributed by atoms with Crippen molar-refractivity contribution in [1.82, 2.24) is 24.7 Å². The molecule has 0 aromatic carbocycles. The molecule has 2 aromatic rings. The van der Waals surface area contributed by atoms with Crippen molar-refractivity contribution in [2.45, 2.75) is 39.2 Å². The lowest BCUT2D eigenvalue weighted by Gasteiger charge is -2.07. The van der Waals surface area contributed by atoms with Gasteiger partial charge in [0, 0.05) is 12.1 Å². The average Bonchev–Trinajstić information content (AvgIpc) is 3.14. The van der Waals surface area contributed by atoms with Crippen LogP contribution in [0.4, 0.5) is 0 Å². The maximum absolute atomic E-state index is 10.9. The number of carboxylic acids is 1. The molecule has 0 atom stereocenters. The molecule has 1 N–H and O–H groups in total. The number of rotatable bonds is 4. The van der Waals surface area contributed by atoms with Gasteiger partial charge in [0.2, 0.25) is 0 Å². The fourth-order valence-corrected chi connectivity index (χ4v) is 2.14. The Bertz CT molecular complexity index is 675. The highest BCUT2D eigenvalue weighted by Gasteiger charge is 2.27. The summed E-state index contributed by atoms with van der Waals surface area (Å²) in [6.07, 6.45) is 4.01. The monoisotopic (exact) mass is 273 g/mol. The van der Waals surface area contributed by atoms with Gasteiger partial charge in [-0.3, -0.25) is 4.79 Å². The number of hydrogen-bond donors (Lipinski definition) is 1. The maximum atomic E-state index is 10.9. The van der Waals surface area contributed by atoms with Gasteiger partial charge in [-0.05, 0) is 26.7 Å². The van der Waals surface area contributed by atoms with Crippen LogP contribution in [0.2, 0.25) is 0 Å². The van der Waals surface area contributed by atoms with Crippen molar-refractivity contribution in [2.24, 2.45) is 0 Å². The van der Waals surface area contributed by atoms with Crippen LogP contribution in [0, 0.1) is 13.8 Å². The molecule has 1 saturated carbocycles. The van der Waals surface area contributed by atoms with Crippen LogP contribution in [-0.2, 0) is 11.3 Å². The minimum atomic E-state index is -0.954. The molecule has 0 unspecified atom stereocenters. The molecule has 0 bridgehead atoms. The smallest absolute Gasteiger partial charge is 0.325 e. The Labute approximate surface area is 115 Å². The zero-order valence-corrected chi connectivity index (χ0v) is 11.4. The van der Waals surface area contributed by atoms with Gasteiger partial charge >= 0.3 is 5.97 Å². The summed E-state index contributed by atoms with van der Waals surface area (Å²) in [5.74, 6) is 1.44. The van der Waals surface area contributed by atoms with Gasteiger partial charge in [-0.1, -0.05) is 0 Å². The van der Waals surface area contributed by atoms with E-state index >= 15 is 0 Å². The largest absolute Gasteiger partial charge is 0.480 e. The van der Waals surface area contributed by atoms with E-state index < -0.39 is 5.97 Å². The second-order valence-electron chi connectivity index (χ2n) is 5.04. The van der Waals surface area contributed by atoms with E-state index in [-0.39, 0.29) is 6.54 Å². The number of aliphatic carboxylic acids is 1. The quantitative estimate of drug-likeness (QED) is 0.902. The highest BCUT2D eigenvalue weighted by molar-refractivity contribution is 5.68. The first kappa shape index (κ1) is 12.7. The highest BCUT2D eigenvalue weighted by atomic mass is 16.4. The molecule has 1 aliphatic carbocycles. The molecule has 2 aromatic heterocycles. The molecule has 3 rings (SSSR count). The van der Waals surface area contributed by atoms with E-state index in [2.05, 4.69) is 20.1 Å². The predicted octanol–water partition coefficient (Wildman–Crippen LogP) is 1.31. The first-order valence-electron chi connectivity index (χ1n) is 6.51. The van der Waals surface area contributed by atoms with E-state index in [1.54, 1.807) is 13.1 Å². The maximum Gasteiger partial charge on any atom is 0.325 e. The molecular formula is C13H15N5O2. The number of hydrogen-bond acceptors (Lipinski definition) is 5. The van der Waals surface area contributed by atoms with Gasteiger partial charge in [-0.25, -0.2) is 19.6 Å². The second kappa shape index (κ2) is 4.66. The van der Waals surface area contributed by atoms with Crippen LogP contribution in [0.3, 0.4) is 0 Å². The Morgan fingerprint density at radius 1 is 1.40 bits per heavy atom. The summed E-state index contributed by atoms with van der Waals surface area (Å²) in [7, 11) is 0. The van der Waals surface area contributed by atoms with Crippen LogP contribution in [0.5, 0.6) is 0 Å². The standard InChI is InChI=1S/C13H15N5O2/c1-7-10(5-14-12(15-7)9-3-4-9)13-16-8(2)17-18(13)6-11(19)20/h5,9H,3-4,6H2,1-2H3,(H,19,20). The van der Waals surface area contributed by atoms with Gasteiger partial charge in [0.1, 0.15) is 18.2 Å². The Morgan fingerprint density at radius 3 is 2.75 bits per heavy atom. The lowest BCUT2D eigenvalue weighted by atomic mass is 10.2. The average molecular weight is 273 g/mol. The first-order valence-corrected chi connectivity index (χ1v) is 6.51. The minimum absolute atomic E-state index is 0.222. The Hall–Kier alpha value is -2.31. The van der Waals surface area contributed by atoms with Crippen LogP contribution in [0.15, 0.2) is 6.20 Å². The van der Waals surface area contributed by atoms with E-state index in [1.165, 1.54) is 4.68 Å². The zero-order valence-electron chi connectivity index (χ0n) is 11.4. The Balaban J connectivity index is 2.01. The predicted molar refractivity (Wildman–Crippen MR) is 70.1 cm³/mol. The van der Waals surface area contributed by atoms with Gasteiger partial charge < -0.3 is 5.11 Å². The van der Waals surface area contributed by atoms with E-state index in [0.717, 1.165) is 29.9 Å². The van der Waals surface area contributed by atoms with E-state index in [1.807, 2.05) is 6.92 Å². The Kier molecular flexibility index (Phi) is 2.96. The molecule has 7 nitrogen and oxygen atoms in total. The molecule has 0 spiro atoms.